The van der Waals surface area contributed by atoms with E-state index in [1.54, 1.807) is 19.4 Å². The lowest BCUT2D eigenvalue weighted by atomic mass is 9.95. The van der Waals surface area contributed by atoms with Crippen LogP contribution in [-0.4, -0.2) is 34.3 Å². The number of halogens is 1. The predicted molar refractivity (Wildman–Crippen MR) is 86.5 cm³/mol. The SMILES string of the molecule is CN=C(NCc1nncn1C)NCC1(c2ccccc2F)CC1. The minimum Gasteiger partial charge on any atom is -0.356 e. The lowest BCUT2D eigenvalue weighted by Gasteiger charge is -2.19. The van der Waals surface area contributed by atoms with Crippen LogP contribution >= 0.6 is 0 Å². The van der Waals surface area contributed by atoms with E-state index in [2.05, 4.69) is 25.8 Å². The van der Waals surface area contributed by atoms with Gasteiger partial charge < -0.3 is 15.2 Å². The summed E-state index contributed by atoms with van der Waals surface area (Å²) in [5.41, 5.74) is 0.671. The maximum Gasteiger partial charge on any atom is 0.191 e. The van der Waals surface area contributed by atoms with Crippen molar-refractivity contribution >= 4 is 5.96 Å². The van der Waals surface area contributed by atoms with Gasteiger partial charge in [-0.05, 0) is 24.5 Å². The zero-order valence-electron chi connectivity index (χ0n) is 13.4. The molecule has 1 aromatic carbocycles. The maximum absolute atomic E-state index is 14.0. The summed E-state index contributed by atoms with van der Waals surface area (Å²) in [5.74, 6) is 1.37. The summed E-state index contributed by atoms with van der Waals surface area (Å²) in [4.78, 5) is 4.21. The highest BCUT2D eigenvalue weighted by Gasteiger charge is 2.45. The van der Waals surface area contributed by atoms with Crippen molar-refractivity contribution in [2.45, 2.75) is 24.8 Å². The summed E-state index contributed by atoms with van der Waals surface area (Å²) >= 11 is 0. The lowest BCUT2D eigenvalue weighted by molar-refractivity contribution is 0.559. The van der Waals surface area contributed by atoms with Gasteiger partial charge in [0.1, 0.15) is 12.1 Å². The Morgan fingerprint density at radius 2 is 2.13 bits per heavy atom. The van der Waals surface area contributed by atoms with E-state index < -0.39 is 0 Å². The van der Waals surface area contributed by atoms with Gasteiger partial charge in [-0.3, -0.25) is 4.99 Å². The Morgan fingerprint density at radius 3 is 2.74 bits per heavy atom. The first-order valence-corrected chi connectivity index (χ1v) is 7.67. The molecule has 0 atom stereocenters. The molecule has 3 rings (SSSR count). The van der Waals surface area contributed by atoms with E-state index in [0.29, 0.717) is 19.0 Å². The van der Waals surface area contributed by atoms with Gasteiger partial charge in [-0.15, -0.1) is 10.2 Å². The molecule has 0 bridgehead atoms. The smallest absolute Gasteiger partial charge is 0.191 e. The topological polar surface area (TPSA) is 67.1 Å². The summed E-state index contributed by atoms with van der Waals surface area (Å²) in [6, 6.07) is 7.01. The van der Waals surface area contributed by atoms with Crippen molar-refractivity contribution in [3.8, 4) is 0 Å². The summed E-state index contributed by atoms with van der Waals surface area (Å²) in [6.07, 6.45) is 3.63. The second-order valence-corrected chi connectivity index (χ2v) is 5.90. The summed E-state index contributed by atoms with van der Waals surface area (Å²) in [5, 5.41) is 14.4. The van der Waals surface area contributed by atoms with Crippen LogP contribution in [0.5, 0.6) is 0 Å². The van der Waals surface area contributed by atoms with Crippen LogP contribution < -0.4 is 10.6 Å². The van der Waals surface area contributed by atoms with Gasteiger partial charge in [0, 0.05) is 26.1 Å². The largest absolute Gasteiger partial charge is 0.356 e. The van der Waals surface area contributed by atoms with E-state index in [-0.39, 0.29) is 11.2 Å². The van der Waals surface area contributed by atoms with Crippen LogP contribution in [0.3, 0.4) is 0 Å². The monoisotopic (exact) mass is 316 g/mol. The number of benzene rings is 1. The molecule has 7 heteroatoms. The fourth-order valence-corrected chi connectivity index (χ4v) is 2.69. The molecule has 2 aromatic rings. The van der Waals surface area contributed by atoms with Crippen molar-refractivity contribution in [2.24, 2.45) is 12.0 Å². The van der Waals surface area contributed by atoms with Crippen molar-refractivity contribution in [3.63, 3.8) is 0 Å². The van der Waals surface area contributed by atoms with E-state index in [0.717, 1.165) is 24.2 Å². The minimum absolute atomic E-state index is 0.117. The Balaban J connectivity index is 1.58. The molecule has 0 radical (unpaired) electrons. The number of rotatable bonds is 5. The minimum atomic E-state index is -0.131. The molecule has 0 saturated heterocycles. The Labute approximate surface area is 134 Å². The molecule has 1 saturated carbocycles. The first-order chi connectivity index (χ1) is 11.1. The molecule has 0 amide bonds. The van der Waals surface area contributed by atoms with E-state index in [1.165, 1.54) is 6.07 Å². The molecule has 122 valence electrons. The first-order valence-electron chi connectivity index (χ1n) is 7.67. The number of aliphatic imine (C=N–C) groups is 1. The van der Waals surface area contributed by atoms with Gasteiger partial charge in [0.05, 0.1) is 6.54 Å². The quantitative estimate of drug-likeness (QED) is 0.645. The number of nitrogens with one attached hydrogen (secondary N) is 2. The molecule has 1 fully saturated rings. The average molecular weight is 316 g/mol. The number of hydrogen-bond donors (Lipinski definition) is 2. The zero-order valence-corrected chi connectivity index (χ0v) is 13.4. The molecule has 0 spiro atoms. The van der Waals surface area contributed by atoms with Gasteiger partial charge in [-0.25, -0.2) is 4.39 Å². The van der Waals surface area contributed by atoms with Crippen molar-refractivity contribution in [1.82, 2.24) is 25.4 Å². The molecule has 6 nitrogen and oxygen atoms in total. The molecule has 1 aliphatic carbocycles. The van der Waals surface area contributed by atoms with Gasteiger partial charge >= 0.3 is 0 Å². The van der Waals surface area contributed by atoms with Crippen LogP contribution in [0.1, 0.15) is 24.2 Å². The highest BCUT2D eigenvalue weighted by molar-refractivity contribution is 5.79. The fourth-order valence-electron chi connectivity index (χ4n) is 2.69. The van der Waals surface area contributed by atoms with Crippen LogP contribution in [0.15, 0.2) is 35.6 Å². The van der Waals surface area contributed by atoms with E-state index in [4.69, 9.17) is 0 Å². The summed E-state index contributed by atoms with van der Waals surface area (Å²) in [6.45, 7) is 1.19. The molecule has 0 unspecified atom stereocenters. The van der Waals surface area contributed by atoms with Gasteiger partial charge in [0.15, 0.2) is 11.8 Å². The number of hydrogen-bond acceptors (Lipinski definition) is 3. The predicted octanol–water partition coefficient (Wildman–Crippen LogP) is 1.35. The van der Waals surface area contributed by atoms with E-state index >= 15 is 0 Å². The van der Waals surface area contributed by atoms with Gasteiger partial charge in [0.25, 0.3) is 0 Å². The molecule has 0 aliphatic heterocycles. The molecule has 2 N–H and O–H groups in total. The summed E-state index contributed by atoms with van der Waals surface area (Å²) in [7, 11) is 3.61. The number of aryl methyl sites for hydroxylation is 1. The average Bonchev–Trinajstić information content (AvgIpc) is 3.23. The van der Waals surface area contributed by atoms with Crippen LogP contribution in [0.2, 0.25) is 0 Å². The van der Waals surface area contributed by atoms with E-state index in [9.17, 15) is 4.39 Å². The Kier molecular flexibility index (Phi) is 4.27. The van der Waals surface area contributed by atoms with Crippen LogP contribution in [0, 0.1) is 5.82 Å². The van der Waals surface area contributed by atoms with Crippen molar-refractivity contribution in [1.29, 1.82) is 0 Å². The standard InChI is InChI=1S/C16H21FN6/c1-18-15(19-9-14-22-21-11-23(14)2)20-10-16(7-8-16)12-5-3-4-6-13(12)17/h3-6,11H,7-10H2,1-2H3,(H2,18,19,20). The number of aromatic nitrogens is 3. The Morgan fingerprint density at radius 1 is 1.35 bits per heavy atom. The van der Waals surface area contributed by atoms with Crippen molar-refractivity contribution in [3.05, 3.63) is 47.8 Å². The van der Waals surface area contributed by atoms with Crippen molar-refractivity contribution < 1.29 is 4.39 Å². The van der Waals surface area contributed by atoms with Gasteiger partial charge in [0.2, 0.25) is 0 Å². The second kappa shape index (κ2) is 6.36. The Hall–Kier alpha value is -2.44. The van der Waals surface area contributed by atoms with Crippen LogP contribution in [0.4, 0.5) is 4.39 Å². The second-order valence-electron chi connectivity index (χ2n) is 5.90. The highest BCUT2D eigenvalue weighted by Crippen LogP contribution is 2.48. The fraction of sp³-hybridized carbons (Fsp3) is 0.438. The third-order valence-corrected chi connectivity index (χ3v) is 4.34. The molecular formula is C16H21FN6. The first kappa shape index (κ1) is 15.5. The third-order valence-electron chi connectivity index (χ3n) is 4.34. The molecule has 1 aliphatic rings. The normalized spacial score (nSPS) is 16.2. The van der Waals surface area contributed by atoms with Crippen LogP contribution in [-0.2, 0) is 19.0 Å². The van der Waals surface area contributed by atoms with Gasteiger partial charge in [-0.1, -0.05) is 18.2 Å². The molecular weight excluding hydrogens is 295 g/mol. The number of nitrogens with zero attached hydrogens (tertiary/aromatic N) is 4. The van der Waals surface area contributed by atoms with Gasteiger partial charge in [-0.2, -0.15) is 0 Å². The third kappa shape index (κ3) is 3.33. The molecule has 23 heavy (non-hydrogen) atoms. The maximum atomic E-state index is 14.0. The van der Waals surface area contributed by atoms with E-state index in [1.807, 2.05) is 23.7 Å². The van der Waals surface area contributed by atoms with Crippen LogP contribution in [0.25, 0.3) is 0 Å². The summed E-state index contributed by atoms with van der Waals surface area (Å²) < 4.78 is 15.9. The highest BCUT2D eigenvalue weighted by atomic mass is 19.1. The molecule has 1 heterocycles. The van der Waals surface area contributed by atoms with Crippen molar-refractivity contribution in [2.75, 3.05) is 13.6 Å². The Bertz CT molecular complexity index is 704. The molecule has 1 aromatic heterocycles. The number of guanidine groups is 1. The zero-order chi connectivity index (χ0) is 16.3. The lowest BCUT2D eigenvalue weighted by Crippen LogP contribution is -2.41.